The van der Waals surface area contributed by atoms with Crippen molar-refractivity contribution in [3.63, 3.8) is 0 Å². The third-order valence-electron chi connectivity index (χ3n) is 2.36. The minimum Gasteiger partial charge on any atom is -0.272 e. The SMILES string of the molecule is CC=CCCC=NNc1ccc([N+](=O)[O-])cc1[N+](=O)[O-]. The van der Waals surface area contributed by atoms with E-state index in [-0.39, 0.29) is 17.1 Å². The van der Waals surface area contributed by atoms with Crippen LogP contribution in [0.1, 0.15) is 19.8 Å². The van der Waals surface area contributed by atoms with Crippen LogP contribution in [0.4, 0.5) is 17.1 Å². The van der Waals surface area contributed by atoms with Crippen LogP contribution in [0.3, 0.4) is 0 Å². The summed E-state index contributed by atoms with van der Waals surface area (Å²) < 4.78 is 0. The number of anilines is 1. The van der Waals surface area contributed by atoms with Crippen molar-refractivity contribution in [3.8, 4) is 0 Å². The zero-order valence-electron chi connectivity index (χ0n) is 10.9. The number of nitrogens with one attached hydrogen (secondary N) is 1. The van der Waals surface area contributed by atoms with Crippen molar-refractivity contribution in [2.24, 2.45) is 5.10 Å². The summed E-state index contributed by atoms with van der Waals surface area (Å²) in [5.41, 5.74) is 1.91. The molecular weight excluding hydrogens is 264 g/mol. The van der Waals surface area contributed by atoms with E-state index in [0.29, 0.717) is 6.42 Å². The number of non-ortho nitro benzene ring substituents is 1. The molecule has 0 aliphatic heterocycles. The van der Waals surface area contributed by atoms with Crippen molar-refractivity contribution in [3.05, 3.63) is 50.6 Å². The van der Waals surface area contributed by atoms with Crippen LogP contribution in [0, 0.1) is 20.2 Å². The number of hydrazone groups is 1. The van der Waals surface area contributed by atoms with Gasteiger partial charge in [0.1, 0.15) is 5.69 Å². The third-order valence-corrected chi connectivity index (χ3v) is 2.36. The number of hydrogen-bond donors (Lipinski definition) is 1. The molecule has 1 rings (SSSR count). The fraction of sp³-hybridized carbons (Fsp3) is 0.250. The van der Waals surface area contributed by atoms with Crippen LogP contribution in [0.5, 0.6) is 0 Å². The maximum Gasteiger partial charge on any atom is 0.301 e. The van der Waals surface area contributed by atoms with Crippen LogP contribution in [-0.2, 0) is 0 Å². The van der Waals surface area contributed by atoms with E-state index in [1.807, 2.05) is 19.1 Å². The van der Waals surface area contributed by atoms with Gasteiger partial charge >= 0.3 is 5.69 Å². The lowest BCUT2D eigenvalue weighted by Gasteiger charge is -2.01. The Bertz CT molecular complexity index is 554. The molecule has 1 N–H and O–H groups in total. The predicted octanol–water partition coefficient (Wildman–Crippen LogP) is 3.26. The van der Waals surface area contributed by atoms with Crippen molar-refractivity contribution >= 4 is 23.3 Å². The van der Waals surface area contributed by atoms with Gasteiger partial charge in [-0.05, 0) is 25.8 Å². The Morgan fingerprint density at radius 2 is 2.00 bits per heavy atom. The molecule has 0 unspecified atom stereocenters. The van der Waals surface area contributed by atoms with Crippen molar-refractivity contribution < 1.29 is 9.85 Å². The molecule has 0 aromatic heterocycles. The molecule has 0 saturated heterocycles. The second-order valence-electron chi connectivity index (χ2n) is 3.79. The summed E-state index contributed by atoms with van der Waals surface area (Å²) in [6.07, 6.45) is 7.00. The molecule has 106 valence electrons. The van der Waals surface area contributed by atoms with Gasteiger partial charge in [0.25, 0.3) is 5.69 Å². The van der Waals surface area contributed by atoms with Gasteiger partial charge in [-0.2, -0.15) is 5.10 Å². The first-order valence-electron chi connectivity index (χ1n) is 5.87. The molecule has 0 amide bonds. The van der Waals surface area contributed by atoms with E-state index in [1.54, 1.807) is 6.21 Å². The fourth-order valence-electron chi connectivity index (χ4n) is 1.40. The monoisotopic (exact) mass is 278 g/mol. The van der Waals surface area contributed by atoms with Gasteiger partial charge in [-0.25, -0.2) is 0 Å². The fourth-order valence-corrected chi connectivity index (χ4v) is 1.40. The van der Waals surface area contributed by atoms with E-state index in [1.165, 1.54) is 12.1 Å². The number of rotatable bonds is 7. The Labute approximate surface area is 115 Å². The van der Waals surface area contributed by atoms with Gasteiger partial charge in [-0.3, -0.25) is 25.7 Å². The van der Waals surface area contributed by atoms with Crippen LogP contribution in [0.2, 0.25) is 0 Å². The molecule has 1 aromatic carbocycles. The Morgan fingerprint density at radius 3 is 2.60 bits per heavy atom. The Kier molecular flexibility index (Phi) is 5.82. The molecule has 1 aromatic rings. The lowest BCUT2D eigenvalue weighted by atomic mass is 10.2. The van der Waals surface area contributed by atoms with E-state index in [2.05, 4.69) is 10.5 Å². The molecule has 0 heterocycles. The smallest absolute Gasteiger partial charge is 0.272 e. The average Bonchev–Trinajstić information content (AvgIpc) is 2.42. The Balaban J connectivity index is 2.79. The van der Waals surface area contributed by atoms with Crippen molar-refractivity contribution in [2.75, 3.05) is 5.43 Å². The number of nitrogens with zero attached hydrogens (tertiary/aromatic N) is 3. The molecule has 0 aliphatic carbocycles. The zero-order chi connectivity index (χ0) is 15.0. The van der Waals surface area contributed by atoms with E-state index in [9.17, 15) is 20.2 Å². The van der Waals surface area contributed by atoms with Crippen LogP contribution < -0.4 is 5.43 Å². The maximum atomic E-state index is 10.9. The summed E-state index contributed by atoms with van der Waals surface area (Å²) in [5, 5.41) is 25.3. The maximum absolute atomic E-state index is 10.9. The molecule has 0 aliphatic rings. The molecule has 20 heavy (non-hydrogen) atoms. The highest BCUT2D eigenvalue weighted by Gasteiger charge is 2.18. The Hall–Kier alpha value is -2.77. The molecule has 0 bridgehead atoms. The first-order chi connectivity index (χ1) is 9.56. The van der Waals surface area contributed by atoms with Crippen LogP contribution in [0.25, 0.3) is 0 Å². The topological polar surface area (TPSA) is 111 Å². The van der Waals surface area contributed by atoms with E-state index < -0.39 is 9.85 Å². The third kappa shape index (κ3) is 4.48. The minimum atomic E-state index is -0.690. The van der Waals surface area contributed by atoms with Crippen LogP contribution in [-0.4, -0.2) is 16.1 Å². The summed E-state index contributed by atoms with van der Waals surface area (Å²) >= 11 is 0. The van der Waals surface area contributed by atoms with Crippen molar-refractivity contribution in [2.45, 2.75) is 19.8 Å². The summed E-state index contributed by atoms with van der Waals surface area (Å²) in [5.74, 6) is 0. The molecule has 0 saturated carbocycles. The Morgan fingerprint density at radius 1 is 1.25 bits per heavy atom. The van der Waals surface area contributed by atoms with E-state index in [0.717, 1.165) is 12.5 Å². The number of nitro benzene ring substituents is 2. The summed E-state index contributed by atoms with van der Waals surface area (Å²) in [7, 11) is 0. The zero-order valence-corrected chi connectivity index (χ0v) is 10.9. The molecule has 0 fully saturated rings. The number of hydrogen-bond acceptors (Lipinski definition) is 6. The lowest BCUT2D eigenvalue weighted by molar-refractivity contribution is -0.393. The second-order valence-corrected chi connectivity index (χ2v) is 3.79. The largest absolute Gasteiger partial charge is 0.301 e. The normalized spacial score (nSPS) is 11.1. The lowest BCUT2D eigenvalue weighted by Crippen LogP contribution is -1.98. The van der Waals surface area contributed by atoms with Crippen LogP contribution >= 0.6 is 0 Å². The number of unbranched alkanes of at least 4 members (excludes halogenated alkanes) is 1. The average molecular weight is 278 g/mol. The summed E-state index contributed by atoms with van der Waals surface area (Å²) in [6, 6.07) is 3.35. The van der Waals surface area contributed by atoms with Gasteiger partial charge in [0, 0.05) is 12.3 Å². The van der Waals surface area contributed by atoms with Gasteiger partial charge in [0.15, 0.2) is 0 Å². The highest BCUT2D eigenvalue weighted by Crippen LogP contribution is 2.28. The quantitative estimate of drug-likeness (QED) is 0.270. The van der Waals surface area contributed by atoms with E-state index in [4.69, 9.17) is 0 Å². The standard InChI is InChI=1S/C12H14N4O4/c1-2-3-4-5-8-13-14-11-7-6-10(15(17)18)9-12(11)16(19)20/h2-3,6-9,14H,4-5H2,1H3. The number of allylic oxidation sites excluding steroid dienone is 2. The first kappa shape index (κ1) is 15.3. The highest BCUT2D eigenvalue weighted by atomic mass is 16.6. The van der Waals surface area contributed by atoms with Crippen LogP contribution in [0.15, 0.2) is 35.5 Å². The summed E-state index contributed by atoms with van der Waals surface area (Å²) in [6.45, 7) is 1.91. The number of nitro groups is 2. The van der Waals surface area contributed by atoms with Crippen molar-refractivity contribution in [1.82, 2.24) is 0 Å². The molecule has 0 atom stereocenters. The molecular formula is C12H14N4O4. The molecule has 0 spiro atoms. The predicted molar refractivity (Wildman–Crippen MR) is 75.9 cm³/mol. The molecule has 0 radical (unpaired) electrons. The van der Waals surface area contributed by atoms with Gasteiger partial charge in [-0.15, -0.1) is 0 Å². The highest BCUT2D eigenvalue weighted by molar-refractivity contribution is 5.67. The molecule has 8 nitrogen and oxygen atoms in total. The van der Waals surface area contributed by atoms with E-state index >= 15 is 0 Å². The van der Waals surface area contributed by atoms with Gasteiger partial charge in [0.2, 0.25) is 0 Å². The molecule has 8 heteroatoms. The second kappa shape index (κ2) is 7.62. The first-order valence-corrected chi connectivity index (χ1v) is 5.87. The van der Waals surface area contributed by atoms with Gasteiger partial charge in [0.05, 0.1) is 15.9 Å². The van der Waals surface area contributed by atoms with Crippen molar-refractivity contribution in [1.29, 1.82) is 0 Å². The number of benzene rings is 1. The summed E-state index contributed by atoms with van der Waals surface area (Å²) in [4.78, 5) is 20.1. The minimum absolute atomic E-state index is 0.114. The van der Waals surface area contributed by atoms with Gasteiger partial charge < -0.3 is 0 Å². The van der Waals surface area contributed by atoms with Gasteiger partial charge in [-0.1, -0.05) is 12.2 Å².